The lowest BCUT2D eigenvalue weighted by Gasteiger charge is -2.30. The Hall–Kier alpha value is -3.61. The molecule has 0 saturated heterocycles. The number of ether oxygens (including phenoxy) is 1. The number of likely N-dealkylation sites (N-methyl/N-ethyl adjacent to an activating group) is 1. The number of allylic oxidation sites excluding steroid dienone is 1. The van der Waals surface area contributed by atoms with Crippen LogP contribution in [0.25, 0.3) is 11.1 Å². The molecule has 2 unspecified atom stereocenters. The number of fused-ring (bicyclic) bond motifs is 3. The van der Waals surface area contributed by atoms with E-state index in [4.69, 9.17) is 9.84 Å². The van der Waals surface area contributed by atoms with Gasteiger partial charge in [-0.15, -0.1) is 0 Å². The van der Waals surface area contributed by atoms with E-state index >= 15 is 0 Å². The lowest BCUT2D eigenvalue weighted by atomic mass is 9.89. The maximum absolute atomic E-state index is 12.7. The van der Waals surface area contributed by atoms with E-state index in [0.717, 1.165) is 11.1 Å². The Morgan fingerprint density at radius 2 is 1.70 bits per heavy atom. The van der Waals surface area contributed by atoms with Gasteiger partial charge in [-0.25, -0.2) is 9.59 Å². The Morgan fingerprint density at radius 3 is 2.30 bits per heavy atom. The summed E-state index contributed by atoms with van der Waals surface area (Å²) in [5.74, 6) is -1.70. The number of benzene rings is 2. The molecule has 3 atom stereocenters. The molecule has 4 rings (SSSR count). The molecule has 2 aromatic carbocycles. The van der Waals surface area contributed by atoms with Crippen LogP contribution >= 0.6 is 0 Å². The van der Waals surface area contributed by atoms with E-state index in [1.807, 2.05) is 36.4 Å². The maximum atomic E-state index is 12.7. The second-order valence-corrected chi connectivity index (χ2v) is 8.64. The Morgan fingerprint density at radius 1 is 1.09 bits per heavy atom. The summed E-state index contributed by atoms with van der Waals surface area (Å²) in [5, 5.41) is 12.0. The van der Waals surface area contributed by atoms with Gasteiger partial charge < -0.3 is 20.1 Å². The van der Waals surface area contributed by atoms with E-state index < -0.39 is 18.1 Å². The van der Waals surface area contributed by atoms with Gasteiger partial charge in [0.25, 0.3) is 0 Å². The van der Waals surface area contributed by atoms with Crippen LogP contribution in [0.3, 0.4) is 0 Å². The van der Waals surface area contributed by atoms with Crippen molar-refractivity contribution in [2.45, 2.75) is 37.8 Å². The van der Waals surface area contributed by atoms with Gasteiger partial charge in [0, 0.05) is 18.9 Å². The zero-order valence-electron chi connectivity index (χ0n) is 18.7. The number of hydrogen-bond donors (Lipinski definition) is 2. The van der Waals surface area contributed by atoms with E-state index in [1.165, 1.54) is 30.0 Å². The van der Waals surface area contributed by atoms with Crippen LogP contribution in [0.2, 0.25) is 0 Å². The minimum absolute atomic E-state index is 0.0227. The first kappa shape index (κ1) is 22.6. The van der Waals surface area contributed by atoms with Crippen molar-refractivity contribution in [1.82, 2.24) is 10.2 Å². The minimum Gasteiger partial charge on any atom is -0.480 e. The first-order valence-corrected chi connectivity index (χ1v) is 11.1. The fourth-order valence-corrected chi connectivity index (χ4v) is 4.63. The second-order valence-electron chi connectivity index (χ2n) is 8.64. The number of hydrogen-bond acceptors (Lipinski definition) is 4. The van der Waals surface area contributed by atoms with Crippen LogP contribution < -0.4 is 5.32 Å². The zero-order valence-corrected chi connectivity index (χ0v) is 18.7. The molecule has 0 spiro atoms. The molecule has 0 radical (unpaired) electrons. The molecule has 33 heavy (non-hydrogen) atoms. The van der Waals surface area contributed by atoms with Gasteiger partial charge in [0.05, 0.1) is 6.04 Å². The molecule has 0 saturated carbocycles. The van der Waals surface area contributed by atoms with Crippen molar-refractivity contribution in [3.05, 3.63) is 71.8 Å². The summed E-state index contributed by atoms with van der Waals surface area (Å²) in [5.41, 5.74) is 4.62. The van der Waals surface area contributed by atoms with Crippen LogP contribution in [0.4, 0.5) is 4.79 Å². The fraction of sp³-hybridized carbons (Fsp3) is 0.346. The molecular weight excluding hydrogens is 420 g/mol. The number of carboxylic acid groups (broad SMARTS) is 1. The Kier molecular flexibility index (Phi) is 6.49. The van der Waals surface area contributed by atoms with Crippen LogP contribution in [0.5, 0.6) is 0 Å². The molecule has 0 aliphatic heterocycles. The highest BCUT2D eigenvalue weighted by atomic mass is 16.5. The summed E-state index contributed by atoms with van der Waals surface area (Å²) in [6, 6.07) is 15.0. The lowest BCUT2D eigenvalue weighted by Crippen LogP contribution is -2.46. The van der Waals surface area contributed by atoms with Crippen molar-refractivity contribution in [2.24, 2.45) is 5.92 Å². The topological polar surface area (TPSA) is 95.9 Å². The van der Waals surface area contributed by atoms with Gasteiger partial charge in [0.1, 0.15) is 12.6 Å². The van der Waals surface area contributed by atoms with Crippen LogP contribution in [0, 0.1) is 5.92 Å². The standard InChI is InChI=1S/C26H28N2O5/c1-16(25(30)31)28(2)24(29)17-8-7-9-18(14-17)27-26(32)33-15-23-21-12-5-3-10-19(21)20-11-4-6-13-22(20)23/h3-7,9-13,16-18,23H,8,14-15H2,1-2H3,(H,27,32)(H,30,31)/t16-,17?,18?/m0/s1. The molecule has 0 heterocycles. The van der Waals surface area contributed by atoms with E-state index in [9.17, 15) is 14.4 Å². The number of alkyl carbamates (subject to hydrolysis) is 1. The average molecular weight is 449 g/mol. The second kappa shape index (κ2) is 9.48. The Bertz CT molecular complexity index is 1050. The smallest absolute Gasteiger partial charge is 0.407 e. The van der Waals surface area contributed by atoms with E-state index in [1.54, 1.807) is 0 Å². The van der Waals surface area contributed by atoms with Gasteiger partial charge in [-0.1, -0.05) is 60.7 Å². The van der Waals surface area contributed by atoms with Crippen LogP contribution in [0.1, 0.15) is 36.8 Å². The Labute approximate surface area is 193 Å². The molecule has 172 valence electrons. The summed E-state index contributed by atoms with van der Waals surface area (Å²) >= 11 is 0. The quantitative estimate of drug-likeness (QED) is 0.656. The molecule has 2 aliphatic rings. The normalized spacial score (nSPS) is 19.8. The fourth-order valence-electron chi connectivity index (χ4n) is 4.63. The summed E-state index contributed by atoms with van der Waals surface area (Å²) in [6.45, 7) is 1.70. The summed E-state index contributed by atoms with van der Waals surface area (Å²) in [4.78, 5) is 37.7. The number of nitrogens with one attached hydrogen (secondary N) is 1. The maximum Gasteiger partial charge on any atom is 0.407 e. The zero-order chi connectivity index (χ0) is 23.5. The highest BCUT2D eigenvalue weighted by Gasteiger charge is 2.32. The molecule has 0 aromatic heterocycles. The summed E-state index contributed by atoms with van der Waals surface area (Å²) < 4.78 is 5.60. The number of amides is 2. The number of nitrogens with zero attached hydrogens (tertiary/aromatic N) is 1. The molecule has 2 aromatic rings. The monoisotopic (exact) mass is 448 g/mol. The largest absolute Gasteiger partial charge is 0.480 e. The number of rotatable bonds is 6. The van der Waals surface area contributed by atoms with Gasteiger partial charge in [0.15, 0.2) is 0 Å². The predicted molar refractivity (Wildman–Crippen MR) is 124 cm³/mol. The molecule has 2 aliphatic carbocycles. The predicted octanol–water partition coefficient (Wildman–Crippen LogP) is 3.79. The molecule has 7 nitrogen and oxygen atoms in total. The van der Waals surface area contributed by atoms with Crippen molar-refractivity contribution in [2.75, 3.05) is 13.7 Å². The first-order valence-electron chi connectivity index (χ1n) is 11.1. The Balaban J connectivity index is 1.35. The van der Waals surface area contributed by atoms with E-state index in [0.29, 0.717) is 12.8 Å². The highest BCUT2D eigenvalue weighted by molar-refractivity contribution is 5.85. The number of carbonyl (C=O) groups is 3. The molecule has 7 heteroatoms. The van der Waals surface area contributed by atoms with Crippen molar-refractivity contribution < 1.29 is 24.2 Å². The van der Waals surface area contributed by atoms with Crippen molar-refractivity contribution in [3.63, 3.8) is 0 Å². The summed E-state index contributed by atoms with van der Waals surface area (Å²) in [6.07, 6.45) is 4.08. The molecule has 0 bridgehead atoms. The highest BCUT2D eigenvalue weighted by Crippen LogP contribution is 2.44. The van der Waals surface area contributed by atoms with Gasteiger partial charge in [0.2, 0.25) is 5.91 Å². The van der Waals surface area contributed by atoms with Gasteiger partial charge >= 0.3 is 12.1 Å². The average Bonchev–Trinajstić information content (AvgIpc) is 3.15. The van der Waals surface area contributed by atoms with Crippen molar-refractivity contribution in [1.29, 1.82) is 0 Å². The van der Waals surface area contributed by atoms with E-state index in [-0.39, 0.29) is 30.4 Å². The van der Waals surface area contributed by atoms with E-state index in [2.05, 4.69) is 29.6 Å². The lowest BCUT2D eigenvalue weighted by molar-refractivity contribution is -0.150. The number of aliphatic carboxylic acids is 1. The van der Waals surface area contributed by atoms with Gasteiger partial charge in [-0.3, -0.25) is 4.79 Å². The molecule has 2 amide bonds. The number of carboxylic acids is 1. The first-order chi connectivity index (χ1) is 15.9. The third-order valence-corrected chi connectivity index (χ3v) is 6.61. The van der Waals surface area contributed by atoms with Crippen LogP contribution in [-0.4, -0.2) is 53.7 Å². The van der Waals surface area contributed by atoms with Crippen molar-refractivity contribution in [3.8, 4) is 11.1 Å². The third-order valence-electron chi connectivity index (χ3n) is 6.61. The summed E-state index contributed by atoms with van der Waals surface area (Å²) in [7, 11) is 1.49. The van der Waals surface area contributed by atoms with Crippen LogP contribution in [0.15, 0.2) is 60.7 Å². The van der Waals surface area contributed by atoms with Gasteiger partial charge in [-0.2, -0.15) is 0 Å². The van der Waals surface area contributed by atoms with Crippen molar-refractivity contribution >= 4 is 18.0 Å². The third kappa shape index (κ3) is 4.62. The SMILES string of the molecule is C[C@@H](C(=O)O)N(C)C(=O)C1CC=CC(NC(=O)OCC2c3ccccc3-c3ccccc32)C1. The van der Waals surface area contributed by atoms with Gasteiger partial charge in [-0.05, 0) is 42.0 Å². The molecule has 0 fully saturated rings. The minimum atomic E-state index is -1.05. The number of carbonyl (C=O) groups excluding carboxylic acids is 2. The molecule has 2 N–H and O–H groups in total. The molecular formula is C26H28N2O5. The van der Waals surface area contributed by atoms with Crippen LogP contribution in [-0.2, 0) is 14.3 Å².